The van der Waals surface area contributed by atoms with Crippen LogP contribution in [0.3, 0.4) is 0 Å². The van der Waals surface area contributed by atoms with E-state index in [1.807, 2.05) is 0 Å². The minimum Gasteiger partial charge on any atom is -0.496 e. The zero-order valence-corrected chi connectivity index (χ0v) is 18.5. The van der Waals surface area contributed by atoms with Gasteiger partial charge in [-0.15, -0.1) is 0 Å². The van der Waals surface area contributed by atoms with Gasteiger partial charge in [0.2, 0.25) is 0 Å². The number of hydrogen-bond acceptors (Lipinski definition) is 5. The van der Waals surface area contributed by atoms with Gasteiger partial charge in [-0.1, -0.05) is 19.1 Å². The molecular weight excluding hydrogens is 378 g/mol. The van der Waals surface area contributed by atoms with E-state index in [0.717, 1.165) is 35.5 Å². The second-order valence-corrected chi connectivity index (χ2v) is 8.23. The van der Waals surface area contributed by atoms with Crippen LogP contribution in [0.1, 0.15) is 50.8 Å². The van der Waals surface area contributed by atoms with Crippen LogP contribution >= 0.6 is 0 Å². The van der Waals surface area contributed by atoms with Gasteiger partial charge < -0.3 is 9.64 Å². The Labute approximate surface area is 178 Å². The zero-order valence-electron chi connectivity index (χ0n) is 18.5. The predicted molar refractivity (Wildman–Crippen MR) is 123 cm³/mol. The van der Waals surface area contributed by atoms with Gasteiger partial charge in [0.1, 0.15) is 5.75 Å². The molecule has 0 unspecified atom stereocenters. The van der Waals surface area contributed by atoms with Crippen molar-refractivity contribution in [2.75, 3.05) is 18.6 Å². The second kappa shape index (κ2) is 8.30. The number of nitro groups is 1. The van der Waals surface area contributed by atoms with Gasteiger partial charge in [0, 0.05) is 47.3 Å². The minimum absolute atomic E-state index is 0.0678. The summed E-state index contributed by atoms with van der Waals surface area (Å²) in [5, 5.41) is 11.2. The lowest BCUT2D eigenvalue weighted by Crippen LogP contribution is -2.45. The molecule has 0 radical (unpaired) electrons. The Bertz CT molecular complexity index is 1040. The fraction of sp³-hybridized carbons (Fsp3) is 0.375. The number of rotatable bonds is 6. The SMILES string of the molecule is CCCN1c2cc(OC)c(C=Nc3ccc(C)c([N+](=O)[O-])c3)cc2C(C)=CC1(C)C. The highest BCUT2D eigenvalue weighted by Crippen LogP contribution is 2.42. The van der Waals surface area contributed by atoms with E-state index in [4.69, 9.17) is 4.74 Å². The number of hydrogen-bond donors (Lipinski definition) is 0. The van der Waals surface area contributed by atoms with Crippen LogP contribution in [0.15, 0.2) is 41.4 Å². The van der Waals surface area contributed by atoms with Crippen molar-refractivity contribution in [2.45, 2.75) is 46.6 Å². The monoisotopic (exact) mass is 407 g/mol. The molecule has 1 aliphatic rings. The van der Waals surface area contributed by atoms with Crippen LogP contribution in [0.25, 0.3) is 5.57 Å². The Morgan fingerprint density at radius 2 is 1.97 bits per heavy atom. The molecule has 2 aromatic carbocycles. The smallest absolute Gasteiger partial charge is 0.274 e. The van der Waals surface area contributed by atoms with Gasteiger partial charge >= 0.3 is 0 Å². The molecule has 1 heterocycles. The van der Waals surface area contributed by atoms with Crippen LogP contribution in [0.4, 0.5) is 17.1 Å². The van der Waals surface area contributed by atoms with E-state index in [-0.39, 0.29) is 16.1 Å². The second-order valence-electron chi connectivity index (χ2n) is 8.23. The molecular formula is C24H29N3O3. The number of anilines is 1. The van der Waals surface area contributed by atoms with Gasteiger partial charge in [-0.05, 0) is 51.8 Å². The van der Waals surface area contributed by atoms with Crippen molar-refractivity contribution in [1.82, 2.24) is 0 Å². The van der Waals surface area contributed by atoms with E-state index >= 15 is 0 Å². The van der Waals surface area contributed by atoms with Crippen molar-refractivity contribution in [3.8, 4) is 5.75 Å². The third-order valence-electron chi connectivity index (χ3n) is 5.52. The van der Waals surface area contributed by atoms with Crippen LogP contribution < -0.4 is 9.64 Å². The van der Waals surface area contributed by atoms with E-state index < -0.39 is 0 Å². The lowest BCUT2D eigenvalue weighted by atomic mass is 9.87. The Morgan fingerprint density at radius 3 is 2.60 bits per heavy atom. The molecule has 3 rings (SSSR count). The van der Waals surface area contributed by atoms with Gasteiger partial charge in [-0.25, -0.2) is 0 Å². The maximum absolute atomic E-state index is 11.2. The summed E-state index contributed by atoms with van der Waals surface area (Å²) in [6.07, 6.45) is 5.06. The largest absolute Gasteiger partial charge is 0.496 e. The molecule has 0 bridgehead atoms. The summed E-state index contributed by atoms with van der Waals surface area (Å²) >= 11 is 0. The number of ether oxygens (including phenoxy) is 1. The molecule has 0 saturated heterocycles. The first-order valence-corrected chi connectivity index (χ1v) is 10.2. The van der Waals surface area contributed by atoms with Crippen LogP contribution in [0.2, 0.25) is 0 Å². The fourth-order valence-corrected chi connectivity index (χ4v) is 4.05. The summed E-state index contributed by atoms with van der Waals surface area (Å²) < 4.78 is 5.67. The van der Waals surface area contributed by atoms with Crippen LogP contribution in [0.5, 0.6) is 5.75 Å². The summed E-state index contributed by atoms with van der Waals surface area (Å²) in [5.74, 6) is 0.728. The number of benzene rings is 2. The highest BCUT2D eigenvalue weighted by molar-refractivity contribution is 5.92. The highest BCUT2D eigenvalue weighted by atomic mass is 16.6. The number of allylic oxidation sites excluding steroid dienone is 1. The number of aliphatic imine (C=N–C) groups is 1. The average molecular weight is 408 g/mol. The molecule has 0 saturated carbocycles. The number of fused-ring (bicyclic) bond motifs is 1. The quantitative estimate of drug-likeness (QED) is 0.331. The van der Waals surface area contributed by atoms with Gasteiger partial charge in [-0.3, -0.25) is 15.1 Å². The van der Waals surface area contributed by atoms with Gasteiger partial charge in [0.25, 0.3) is 5.69 Å². The number of methoxy groups -OCH3 is 1. The van der Waals surface area contributed by atoms with Gasteiger partial charge in [-0.2, -0.15) is 0 Å². The number of aryl methyl sites for hydroxylation is 1. The van der Waals surface area contributed by atoms with E-state index in [2.05, 4.69) is 55.8 Å². The highest BCUT2D eigenvalue weighted by Gasteiger charge is 2.31. The van der Waals surface area contributed by atoms with Crippen molar-refractivity contribution < 1.29 is 9.66 Å². The standard InChI is InChI=1S/C24H29N3O3/c1-7-10-26-22-13-23(30-6)18(11-20(22)17(3)14-24(26,4)5)15-25-19-9-8-16(2)21(12-19)27(28)29/h8-9,11-15H,7,10H2,1-6H3. The third kappa shape index (κ3) is 4.08. The molecule has 0 atom stereocenters. The molecule has 0 amide bonds. The molecule has 0 aromatic heterocycles. The first-order valence-electron chi connectivity index (χ1n) is 10.2. The van der Waals surface area contributed by atoms with E-state index in [9.17, 15) is 10.1 Å². The van der Waals surface area contributed by atoms with Gasteiger partial charge in [0.05, 0.1) is 23.3 Å². The van der Waals surface area contributed by atoms with Crippen LogP contribution in [-0.2, 0) is 0 Å². The summed E-state index contributed by atoms with van der Waals surface area (Å²) in [6.45, 7) is 11.4. The normalized spacial score (nSPS) is 15.1. The summed E-state index contributed by atoms with van der Waals surface area (Å²) in [4.78, 5) is 17.7. The van der Waals surface area contributed by atoms with Crippen molar-refractivity contribution in [3.05, 3.63) is 63.2 Å². The molecule has 158 valence electrons. The molecule has 6 nitrogen and oxygen atoms in total. The Balaban J connectivity index is 2.06. The summed E-state index contributed by atoms with van der Waals surface area (Å²) in [7, 11) is 1.65. The van der Waals surface area contributed by atoms with Crippen LogP contribution in [-0.4, -0.2) is 30.3 Å². The maximum Gasteiger partial charge on any atom is 0.274 e. The number of nitro benzene ring substituents is 1. The minimum atomic E-state index is -0.383. The third-order valence-corrected chi connectivity index (χ3v) is 5.52. The average Bonchev–Trinajstić information content (AvgIpc) is 2.69. The van der Waals surface area contributed by atoms with Crippen LogP contribution in [0, 0.1) is 17.0 Å². The van der Waals surface area contributed by atoms with Crippen molar-refractivity contribution >= 4 is 28.8 Å². The topological polar surface area (TPSA) is 68.0 Å². The zero-order chi connectivity index (χ0) is 22.1. The lowest BCUT2D eigenvalue weighted by Gasteiger charge is -2.43. The van der Waals surface area contributed by atoms with Crippen molar-refractivity contribution in [1.29, 1.82) is 0 Å². The summed E-state index contributed by atoms with van der Waals surface area (Å²) in [6, 6.07) is 9.15. The first-order chi connectivity index (χ1) is 14.2. The fourth-order valence-electron chi connectivity index (χ4n) is 4.05. The summed E-state index contributed by atoms with van der Waals surface area (Å²) in [5.41, 5.74) is 5.50. The lowest BCUT2D eigenvalue weighted by molar-refractivity contribution is -0.385. The van der Waals surface area contributed by atoms with Crippen molar-refractivity contribution in [3.63, 3.8) is 0 Å². The molecule has 1 aliphatic heterocycles. The number of nitrogens with zero attached hydrogens (tertiary/aromatic N) is 3. The van der Waals surface area contributed by atoms with E-state index in [1.165, 1.54) is 11.6 Å². The molecule has 0 N–H and O–H groups in total. The Morgan fingerprint density at radius 1 is 1.23 bits per heavy atom. The molecule has 0 spiro atoms. The first kappa shape index (κ1) is 21.6. The van der Waals surface area contributed by atoms with Crippen molar-refractivity contribution in [2.24, 2.45) is 4.99 Å². The molecule has 6 heteroatoms. The van der Waals surface area contributed by atoms with Gasteiger partial charge in [0.15, 0.2) is 0 Å². The molecule has 30 heavy (non-hydrogen) atoms. The predicted octanol–water partition coefficient (Wildman–Crippen LogP) is 6.07. The Hall–Kier alpha value is -3.15. The molecule has 2 aromatic rings. The molecule has 0 fully saturated rings. The Kier molecular flexibility index (Phi) is 5.97. The van der Waals surface area contributed by atoms with E-state index in [0.29, 0.717) is 11.3 Å². The van der Waals surface area contributed by atoms with E-state index in [1.54, 1.807) is 32.4 Å². The molecule has 0 aliphatic carbocycles. The maximum atomic E-state index is 11.2.